The molecule has 0 rings (SSSR count). The van der Waals surface area contributed by atoms with Gasteiger partial charge in [0, 0.05) is 19.3 Å². The van der Waals surface area contributed by atoms with Crippen molar-refractivity contribution in [3.63, 3.8) is 0 Å². The van der Waals surface area contributed by atoms with E-state index >= 15 is 0 Å². The maximum absolute atomic E-state index is 13.1. The average molecular weight is 1470 g/mol. The highest BCUT2D eigenvalue weighted by Gasteiger charge is 2.30. The maximum atomic E-state index is 13.1. The summed E-state index contributed by atoms with van der Waals surface area (Å²) in [6.07, 6.45) is 83.2. The van der Waals surface area contributed by atoms with Crippen molar-refractivity contribution in [1.29, 1.82) is 0 Å². The Kier molecular flexibility index (Phi) is 71.0. The number of aliphatic hydroxyl groups excluding tert-OH is 1. The van der Waals surface area contributed by atoms with E-state index in [4.69, 9.17) is 37.0 Å². The first-order valence-electron chi connectivity index (χ1n) is 39.4. The minimum Gasteiger partial charge on any atom is -0.462 e. The number of phosphoric ester groups is 2. The van der Waals surface area contributed by atoms with E-state index in [1.54, 1.807) is 6.08 Å². The number of carbonyl (C=O) groups is 4. The number of hydrogen-bond donors (Lipinski definition) is 3. The fourth-order valence-corrected chi connectivity index (χ4v) is 11.8. The second-order valence-corrected chi connectivity index (χ2v) is 28.8. The Labute approximate surface area is 618 Å². The molecule has 0 aromatic heterocycles. The van der Waals surface area contributed by atoms with Crippen LogP contribution in [-0.2, 0) is 65.4 Å². The lowest BCUT2D eigenvalue weighted by molar-refractivity contribution is -0.161. The van der Waals surface area contributed by atoms with Crippen molar-refractivity contribution >= 4 is 39.5 Å². The van der Waals surface area contributed by atoms with Gasteiger partial charge < -0.3 is 33.8 Å². The van der Waals surface area contributed by atoms with Crippen molar-refractivity contribution in [2.24, 2.45) is 0 Å². The first kappa shape index (κ1) is 97.2. The Hall–Kier alpha value is -4.80. The molecule has 3 N–H and O–H groups in total. The Balaban J connectivity index is 5.41. The Morgan fingerprint density at radius 2 is 0.569 bits per heavy atom. The van der Waals surface area contributed by atoms with Crippen LogP contribution in [0.2, 0.25) is 0 Å². The van der Waals surface area contributed by atoms with Gasteiger partial charge in [0.15, 0.2) is 12.2 Å². The second-order valence-electron chi connectivity index (χ2n) is 25.9. The van der Waals surface area contributed by atoms with Crippen LogP contribution in [0.15, 0.2) is 134 Å². The van der Waals surface area contributed by atoms with E-state index in [0.29, 0.717) is 25.7 Å². The molecular weight excluding hydrogens is 1330 g/mol. The molecule has 17 nitrogen and oxygen atoms in total. The van der Waals surface area contributed by atoms with Gasteiger partial charge in [0.25, 0.3) is 0 Å². The largest absolute Gasteiger partial charge is 0.472 e. The predicted octanol–water partition coefficient (Wildman–Crippen LogP) is 22.9. The fraction of sp³-hybridized carbons (Fsp3) is 0.687. The predicted molar refractivity (Wildman–Crippen MR) is 418 cm³/mol. The summed E-state index contributed by atoms with van der Waals surface area (Å²) in [4.78, 5) is 72.9. The van der Waals surface area contributed by atoms with E-state index in [1.165, 1.54) is 64.2 Å². The van der Waals surface area contributed by atoms with Gasteiger partial charge >= 0.3 is 39.5 Å². The van der Waals surface area contributed by atoms with Gasteiger partial charge in [0.1, 0.15) is 19.3 Å². The van der Waals surface area contributed by atoms with Crippen molar-refractivity contribution in [3.05, 3.63) is 134 Å². The number of allylic oxidation sites excluding steroid dienone is 21. The summed E-state index contributed by atoms with van der Waals surface area (Å²) in [7, 11) is -9.99. The highest BCUT2D eigenvalue weighted by molar-refractivity contribution is 7.47. The van der Waals surface area contributed by atoms with Gasteiger partial charge in [-0.2, -0.15) is 0 Å². The molecule has 584 valence electrons. The van der Waals surface area contributed by atoms with Crippen LogP contribution in [0.3, 0.4) is 0 Å². The average Bonchev–Trinajstić information content (AvgIpc) is 0.919. The van der Waals surface area contributed by atoms with Crippen molar-refractivity contribution in [1.82, 2.24) is 0 Å². The van der Waals surface area contributed by atoms with Crippen LogP contribution < -0.4 is 0 Å². The van der Waals surface area contributed by atoms with Gasteiger partial charge in [0.2, 0.25) is 0 Å². The van der Waals surface area contributed by atoms with Gasteiger partial charge in [-0.1, -0.05) is 303 Å². The lowest BCUT2D eigenvalue weighted by Gasteiger charge is -2.21. The first-order chi connectivity index (χ1) is 49.7. The number of hydrogen-bond acceptors (Lipinski definition) is 15. The molecule has 0 aromatic rings. The zero-order valence-corrected chi connectivity index (χ0v) is 65.5. The molecule has 0 radical (unpaired) electrons. The van der Waals surface area contributed by atoms with Crippen molar-refractivity contribution in [2.75, 3.05) is 39.6 Å². The molecule has 0 aliphatic rings. The lowest BCUT2D eigenvalue weighted by Crippen LogP contribution is -2.30. The third kappa shape index (κ3) is 73.5. The summed E-state index contributed by atoms with van der Waals surface area (Å²) < 4.78 is 68.4. The molecule has 0 saturated heterocycles. The SMILES string of the molecule is CC/C=C\C/C=C\C/C=C\C/C=C\C/C=C\CC(=O)OCC(COP(=O)(O)OCC(O)COP(=O)(O)OCC(COC(=O)CCCCCCCC/C=C\C/C=C\C/C=C\C/C=C\CC)OC(=O)CCCCCCC/C=C\C/C=C\CCC)OC(=O)CCCCCCCCCCCCCCCCC. The van der Waals surface area contributed by atoms with E-state index in [-0.39, 0.29) is 25.7 Å². The summed E-state index contributed by atoms with van der Waals surface area (Å²) in [5.74, 6) is -2.35. The summed E-state index contributed by atoms with van der Waals surface area (Å²) in [6.45, 7) is 4.45. The van der Waals surface area contributed by atoms with E-state index in [0.717, 1.165) is 167 Å². The fourth-order valence-electron chi connectivity index (χ4n) is 10.2. The number of rotatable bonds is 73. The molecule has 0 saturated carbocycles. The normalized spacial score (nSPS) is 14.6. The van der Waals surface area contributed by atoms with Gasteiger partial charge in [0.05, 0.1) is 32.8 Å². The molecule has 0 aromatic carbocycles. The molecule has 0 aliphatic carbocycles. The van der Waals surface area contributed by atoms with Crippen LogP contribution in [0.4, 0.5) is 0 Å². The summed E-state index contributed by atoms with van der Waals surface area (Å²) in [6, 6.07) is 0. The number of esters is 4. The Bertz CT molecular complexity index is 2460. The van der Waals surface area contributed by atoms with Crippen LogP contribution >= 0.6 is 15.6 Å². The molecule has 0 heterocycles. The zero-order chi connectivity index (χ0) is 74.6. The van der Waals surface area contributed by atoms with Gasteiger partial charge in [-0.3, -0.25) is 37.3 Å². The number of unbranched alkanes of at least 4 members (excludes halogenated alkanes) is 26. The molecule has 0 spiro atoms. The minimum atomic E-state index is -5.00. The standard InChI is InChI=1S/C83H140O17P2/c1-5-9-13-17-21-25-29-33-36-37-38-39-42-45-48-52-56-60-64-68-81(86)94-73-78(99-82(87)69-65-61-57-53-49-43-32-28-24-20-16-12-8-4)75-97-101(89,90)95-71-77(84)72-96-102(91,92)98-76-79(100-83(88)70-66-62-58-54-50-46-41-35-31-27-23-19-15-11-7-3)74-93-80(85)67-63-59-55-51-47-44-40-34-30-26-22-18-14-10-6-2/h9-10,13-14,16,20-22,25-26,28,32-34,36,38-40,47,51,59,63,77-79,84H,5-8,11-12,15,17-19,23-24,27,29-31,35,37,41-46,48-50,52-58,60-62,64-76H2,1-4H3,(H,89,90)(H,91,92)/b13-9-,14-10-,20-16-,25-21-,26-22-,32-28-,36-33-,39-38-,40-34-,51-47-,63-59-. The third-order valence-corrected chi connectivity index (χ3v) is 18.0. The van der Waals surface area contributed by atoms with Crippen molar-refractivity contribution in [3.8, 4) is 0 Å². The van der Waals surface area contributed by atoms with Crippen molar-refractivity contribution < 1.29 is 80.2 Å². The molecule has 19 heteroatoms. The summed E-state index contributed by atoms with van der Waals surface area (Å²) >= 11 is 0. The second kappa shape index (κ2) is 74.5. The monoisotopic (exact) mass is 1470 g/mol. The van der Waals surface area contributed by atoms with Crippen LogP contribution in [0, 0.1) is 0 Å². The Morgan fingerprint density at radius 1 is 0.294 bits per heavy atom. The highest BCUT2D eigenvalue weighted by atomic mass is 31.2. The van der Waals surface area contributed by atoms with E-state index in [2.05, 4.69) is 137 Å². The minimum absolute atomic E-state index is 0.0705. The molecule has 0 fully saturated rings. The number of ether oxygens (including phenoxy) is 4. The first-order valence-corrected chi connectivity index (χ1v) is 42.4. The topological polar surface area (TPSA) is 237 Å². The third-order valence-electron chi connectivity index (χ3n) is 16.1. The number of phosphoric acid groups is 2. The quantitative estimate of drug-likeness (QED) is 0.0169. The van der Waals surface area contributed by atoms with Gasteiger partial charge in [-0.25, -0.2) is 9.13 Å². The molecule has 5 unspecified atom stereocenters. The van der Waals surface area contributed by atoms with Crippen molar-refractivity contribution in [2.45, 2.75) is 329 Å². The molecule has 0 aliphatic heterocycles. The van der Waals surface area contributed by atoms with Crippen LogP contribution in [0.25, 0.3) is 0 Å². The van der Waals surface area contributed by atoms with Gasteiger partial charge in [-0.05, 0) is 116 Å². The number of aliphatic hydroxyl groups is 1. The van der Waals surface area contributed by atoms with Crippen LogP contribution in [-0.4, -0.2) is 96.7 Å². The lowest BCUT2D eigenvalue weighted by atomic mass is 10.0. The summed E-state index contributed by atoms with van der Waals surface area (Å²) in [5, 5.41) is 10.6. The van der Waals surface area contributed by atoms with Crippen LogP contribution in [0.5, 0.6) is 0 Å². The molecule has 0 bridgehead atoms. The number of carbonyl (C=O) groups excluding carboxylic acids is 4. The van der Waals surface area contributed by atoms with E-state index in [1.807, 2.05) is 18.2 Å². The zero-order valence-electron chi connectivity index (χ0n) is 63.7. The van der Waals surface area contributed by atoms with E-state index < -0.39 is 97.5 Å². The Morgan fingerprint density at radius 3 is 0.912 bits per heavy atom. The molecule has 5 atom stereocenters. The summed E-state index contributed by atoms with van der Waals surface area (Å²) in [5.41, 5.74) is 0. The molecule has 102 heavy (non-hydrogen) atoms. The van der Waals surface area contributed by atoms with E-state index in [9.17, 15) is 43.2 Å². The molecule has 0 amide bonds. The maximum Gasteiger partial charge on any atom is 0.472 e. The highest BCUT2D eigenvalue weighted by Crippen LogP contribution is 2.45. The smallest absolute Gasteiger partial charge is 0.462 e. The van der Waals surface area contributed by atoms with Gasteiger partial charge in [-0.15, -0.1) is 0 Å². The molecular formula is C83H140O17P2. The van der Waals surface area contributed by atoms with Crippen LogP contribution in [0.1, 0.15) is 310 Å².